The minimum absolute atomic E-state index is 0.0926. The molecule has 98 valence electrons. The van der Waals surface area contributed by atoms with Crippen LogP contribution in [0.25, 0.3) is 0 Å². The van der Waals surface area contributed by atoms with Gasteiger partial charge in [0.15, 0.2) is 0 Å². The molecular formula is C13H24N2OS. The van der Waals surface area contributed by atoms with Crippen LogP contribution in [0.3, 0.4) is 0 Å². The van der Waals surface area contributed by atoms with Gasteiger partial charge in [0.2, 0.25) is 5.91 Å². The van der Waals surface area contributed by atoms with Crippen molar-refractivity contribution in [3.05, 3.63) is 0 Å². The number of carbonyl (C=O) groups is 1. The second kappa shape index (κ2) is 6.10. The van der Waals surface area contributed by atoms with Gasteiger partial charge in [-0.3, -0.25) is 4.79 Å². The first kappa shape index (κ1) is 13.2. The van der Waals surface area contributed by atoms with Crippen molar-refractivity contribution in [3.63, 3.8) is 0 Å². The third-order valence-electron chi connectivity index (χ3n) is 4.17. The summed E-state index contributed by atoms with van der Waals surface area (Å²) in [6.07, 6.45) is 8.41. The molecule has 0 aromatic rings. The predicted molar refractivity (Wildman–Crippen MR) is 73.3 cm³/mol. The molecule has 2 rings (SSSR count). The van der Waals surface area contributed by atoms with Crippen LogP contribution in [0.1, 0.15) is 32.1 Å². The molecule has 1 heterocycles. The Kier molecular flexibility index (Phi) is 4.74. The molecule has 0 bridgehead atoms. The van der Waals surface area contributed by atoms with Crippen molar-refractivity contribution in [2.75, 3.05) is 25.6 Å². The fourth-order valence-corrected chi connectivity index (χ4v) is 3.57. The molecule has 1 amide bonds. The molecule has 0 aromatic carbocycles. The molecule has 4 heteroatoms. The van der Waals surface area contributed by atoms with Gasteiger partial charge in [-0.1, -0.05) is 12.8 Å². The summed E-state index contributed by atoms with van der Waals surface area (Å²) in [7, 11) is 1.93. The second-order valence-electron chi connectivity index (χ2n) is 5.36. The maximum absolute atomic E-state index is 12.2. The maximum Gasteiger partial charge on any atom is 0.239 e. The zero-order valence-electron chi connectivity index (χ0n) is 10.9. The zero-order valence-corrected chi connectivity index (χ0v) is 11.8. The smallest absolute Gasteiger partial charge is 0.239 e. The highest BCUT2D eigenvalue weighted by molar-refractivity contribution is 7.98. The van der Waals surface area contributed by atoms with Crippen molar-refractivity contribution < 1.29 is 4.79 Å². The van der Waals surface area contributed by atoms with Crippen molar-refractivity contribution in [3.8, 4) is 0 Å². The summed E-state index contributed by atoms with van der Waals surface area (Å²) < 4.78 is 0. The molecule has 1 aliphatic heterocycles. The number of thioether (sulfide) groups is 1. The van der Waals surface area contributed by atoms with Crippen LogP contribution in [0.5, 0.6) is 0 Å². The van der Waals surface area contributed by atoms with Crippen LogP contribution in [0.2, 0.25) is 0 Å². The Morgan fingerprint density at radius 1 is 1.41 bits per heavy atom. The van der Waals surface area contributed by atoms with Gasteiger partial charge >= 0.3 is 0 Å². The summed E-state index contributed by atoms with van der Waals surface area (Å²) in [5.41, 5.74) is 0. The lowest BCUT2D eigenvalue weighted by atomic mass is 9.85. The topological polar surface area (TPSA) is 32.3 Å². The van der Waals surface area contributed by atoms with E-state index in [1.807, 2.05) is 11.9 Å². The van der Waals surface area contributed by atoms with E-state index in [0.717, 1.165) is 24.6 Å². The first-order chi connectivity index (χ1) is 8.22. The summed E-state index contributed by atoms with van der Waals surface area (Å²) >= 11 is 1.80. The van der Waals surface area contributed by atoms with Gasteiger partial charge < -0.3 is 10.2 Å². The molecule has 3 unspecified atom stereocenters. The molecule has 2 aliphatic rings. The van der Waals surface area contributed by atoms with E-state index in [1.165, 1.54) is 25.7 Å². The summed E-state index contributed by atoms with van der Waals surface area (Å²) in [4.78, 5) is 14.1. The largest absolute Gasteiger partial charge is 0.344 e. The molecule has 1 N–H and O–H groups in total. The SMILES string of the molecule is CSCCN(C)C(=O)C1CC2CCCCC2N1. The van der Waals surface area contributed by atoms with Crippen molar-refractivity contribution in [2.24, 2.45) is 5.92 Å². The highest BCUT2D eigenvalue weighted by atomic mass is 32.2. The molecule has 3 nitrogen and oxygen atoms in total. The monoisotopic (exact) mass is 256 g/mol. The van der Waals surface area contributed by atoms with Crippen LogP contribution in [0.15, 0.2) is 0 Å². The maximum atomic E-state index is 12.2. The number of carbonyl (C=O) groups excluding carboxylic acids is 1. The minimum atomic E-state index is 0.0926. The average Bonchev–Trinajstić information content (AvgIpc) is 2.78. The zero-order chi connectivity index (χ0) is 12.3. The first-order valence-electron chi connectivity index (χ1n) is 6.72. The van der Waals surface area contributed by atoms with E-state index < -0.39 is 0 Å². The molecule has 1 saturated heterocycles. The molecule has 0 spiro atoms. The molecule has 0 aromatic heterocycles. The fourth-order valence-electron chi connectivity index (χ4n) is 3.11. The van der Waals surface area contributed by atoms with Crippen LogP contribution in [0.4, 0.5) is 0 Å². The summed E-state index contributed by atoms with van der Waals surface area (Å²) in [6.45, 7) is 0.869. The lowest BCUT2D eigenvalue weighted by Crippen LogP contribution is -2.44. The summed E-state index contributed by atoms with van der Waals surface area (Å²) in [6, 6.07) is 0.710. The molecule has 2 fully saturated rings. The average molecular weight is 256 g/mol. The number of fused-ring (bicyclic) bond motifs is 1. The second-order valence-corrected chi connectivity index (χ2v) is 6.34. The number of amides is 1. The number of nitrogens with zero attached hydrogens (tertiary/aromatic N) is 1. The first-order valence-corrected chi connectivity index (χ1v) is 8.11. The third kappa shape index (κ3) is 3.16. The van der Waals surface area contributed by atoms with E-state index in [4.69, 9.17) is 0 Å². The highest BCUT2D eigenvalue weighted by Gasteiger charge is 2.38. The Bertz CT molecular complexity index is 258. The number of likely N-dealkylation sites (N-methyl/N-ethyl adjacent to an activating group) is 1. The van der Waals surface area contributed by atoms with Gasteiger partial charge in [-0.25, -0.2) is 0 Å². The van der Waals surface area contributed by atoms with Gasteiger partial charge in [0.1, 0.15) is 0 Å². The fraction of sp³-hybridized carbons (Fsp3) is 0.923. The summed E-state index contributed by atoms with van der Waals surface area (Å²) in [5, 5.41) is 3.55. The van der Waals surface area contributed by atoms with E-state index in [2.05, 4.69) is 11.6 Å². The van der Waals surface area contributed by atoms with Gasteiger partial charge in [0.25, 0.3) is 0 Å². The van der Waals surface area contributed by atoms with E-state index in [0.29, 0.717) is 11.9 Å². The Morgan fingerprint density at radius 2 is 2.18 bits per heavy atom. The normalized spacial score (nSPS) is 32.2. The standard InChI is InChI=1S/C13H24N2OS/c1-15(7-8-17-2)13(16)12-9-10-5-3-4-6-11(10)14-12/h10-12,14H,3-9H2,1-2H3. The van der Waals surface area contributed by atoms with Crippen LogP contribution in [-0.4, -0.2) is 48.5 Å². The summed E-state index contributed by atoms with van der Waals surface area (Å²) in [5.74, 6) is 2.09. The Balaban J connectivity index is 1.84. The van der Waals surface area contributed by atoms with Gasteiger partial charge in [-0.2, -0.15) is 11.8 Å². The lowest BCUT2D eigenvalue weighted by Gasteiger charge is -2.24. The van der Waals surface area contributed by atoms with Crippen molar-refractivity contribution >= 4 is 17.7 Å². The van der Waals surface area contributed by atoms with E-state index in [1.54, 1.807) is 11.8 Å². The quantitative estimate of drug-likeness (QED) is 0.831. The lowest BCUT2D eigenvalue weighted by molar-refractivity contribution is -0.131. The molecular weight excluding hydrogens is 232 g/mol. The Morgan fingerprint density at radius 3 is 2.88 bits per heavy atom. The van der Waals surface area contributed by atoms with E-state index >= 15 is 0 Å². The number of hydrogen-bond donors (Lipinski definition) is 1. The molecule has 1 aliphatic carbocycles. The number of nitrogens with one attached hydrogen (secondary N) is 1. The van der Waals surface area contributed by atoms with Gasteiger partial charge in [0.05, 0.1) is 6.04 Å². The van der Waals surface area contributed by atoms with Crippen LogP contribution < -0.4 is 5.32 Å². The Labute approximate surface area is 109 Å². The van der Waals surface area contributed by atoms with Crippen molar-refractivity contribution in [1.29, 1.82) is 0 Å². The molecule has 17 heavy (non-hydrogen) atoms. The van der Waals surface area contributed by atoms with Gasteiger partial charge in [-0.05, 0) is 31.4 Å². The van der Waals surface area contributed by atoms with E-state index in [9.17, 15) is 4.79 Å². The highest BCUT2D eigenvalue weighted by Crippen LogP contribution is 2.33. The van der Waals surface area contributed by atoms with Crippen LogP contribution in [0, 0.1) is 5.92 Å². The number of rotatable bonds is 4. The van der Waals surface area contributed by atoms with Gasteiger partial charge in [0, 0.05) is 25.4 Å². The molecule has 1 saturated carbocycles. The Hall–Kier alpha value is -0.220. The molecule has 0 radical (unpaired) electrons. The minimum Gasteiger partial charge on any atom is -0.344 e. The number of hydrogen-bond acceptors (Lipinski definition) is 3. The van der Waals surface area contributed by atoms with Gasteiger partial charge in [-0.15, -0.1) is 0 Å². The predicted octanol–water partition coefficient (Wildman–Crippen LogP) is 1.73. The van der Waals surface area contributed by atoms with Crippen molar-refractivity contribution in [1.82, 2.24) is 10.2 Å². The van der Waals surface area contributed by atoms with Crippen LogP contribution in [-0.2, 0) is 4.79 Å². The van der Waals surface area contributed by atoms with Crippen molar-refractivity contribution in [2.45, 2.75) is 44.2 Å². The van der Waals surface area contributed by atoms with Crippen LogP contribution >= 0.6 is 11.8 Å². The third-order valence-corrected chi connectivity index (χ3v) is 4.76. The van der Waals surface area contributed by atoms with E-state index in [-0.39, 0.29) is 6.04 Å². The molecule has 3 atom stereocenters.